The van der Waals surface area contributed by atoms with Crippen LogP contribution in [0.25, 0.3) is 11.3 Å². The lowest BCUT2D eigenvalue weighted by atomic mass is 10.1. The van der Waals surface area contributed by atoms with Gasteiger partial charge in [-0.3, -0.25) is 14.8 Å². The van der Waals surface area contributed by atoms with Gasteiger partial charge in [0.1, 0.15) is 5.69 Å². The molecule has 25 heavy (non-hydrogen) atoms. The van der Waals surface area contributed by atoms with Crippen LogP contribution in [-0.4, -0.2) is 22.7 Å². The zero-order valence-electron chi connectivity index (χ0n) is 12.9. The summed E-state index contributed by atoms with van der Waals surface area (Å²) >= 11 is 6.12. The molecular formula is C18H12ClN3O3. The number of halogens is 1. The molecule has 124 valence electrons. The number of anilines is 1. The summed E-state index contributed by atoms with van der Waals surface area (Å²) < 4.78 is 10.5. The van der Waals surface area contributed by atoms with Crippen LogP contribution in [-0.2, 0) is 0 Å². The van der Waals surface area contributed by atoms with Crippen LogP contribution in [0, 0.1) is 0 Å². The molecule has 4 rings (SSSR count). The van der Waals surface area contributed by atoms with Crippen molar-refractivity contribution in [1.82, 2.24) is 9.97 Å². The van der Waals surface area contributed by atoms with Gasteiger partial charge in [0.2, 0.25) is 6.79 Å². The van der Waals surface area contributed by atoms with E-state index >= 15 is 0 Å². The van der Waals surface area contributed by atoms with Crippen LogP contribution in [0.2, 0.25) is 5.02 Å². The summed E-state index contributed by atoms with van der Waals surface area (Å²) in [7, 11) is 0. The Balaban J connectivity index is 1.52. The van der Waals surface area contributed by atoms with E-state index < -0.39 is 0 Å². The predicted octanol–water partition coefficient (Wildman–Crippen LogP) is 3.78. The molecule has 0 bridgehead atoms. The highest BCUT2D eigenvalue weighted by Crippen LogP contribution is 2.34. The van der Waals surface area contributed by atoms with Gasteiger partial charge < -0.3 is 14.8 Å². The Bertz CT molecular complexity index is 945. The molecule has 0 fully saturated rings. The fourth-order valence-electron chi connectivity index (χ4n) is 2.44. The molecule has 1 N–H and O–H groups in total. The molecule has 2 aromatic heterocycles. The second-order valence-electron chi connectivity index (χ2n) is 5.29. The molecule has 0 radical (unpaired) electrons. The Labute approximate surface area is 148 Å². The van der Waals surface area contributed by atoms with Crippen LogP contribution in [0.4, 0.5) is 5.69 Å². The number of rotatable bonds is 3. The van der Waals surface area contributed by atoms with Crippen molar-refractivity contribution in [2.45, 2.75) is 0 Å². The van der Waals surface area contributed by atoms with Crippen molar-refractivity contribution < 1.29 is 14.3 Å². The van der Waals surface area contributed by atoms with Crippen molar-refractivity contribution in [3.05, 3.63) is 65.6 Å². The van der Waals surface area contributed by atoms with E-state index in [2.05, 4.69) is 15.3 Å². The van der Waals surface area contributed by atoms with Gasteiger partial charge in [-0.1, -0.05) is 11.6 Å². The first kappa shape index (κ1) is 15.4. The predicted molar refractivity (Wildman–Crippen MR) is 93.0 cm³/mol. The van der Waals surface area contributed by atoms with Crippen molar-refractivity contribution in [1.29, 1.82) is 0 Å². The molecule has 0 saturated carbocycles. The molecule has 7 heteroatoms. The number of carbonyl (C=O) groups excluding carboxylic acids is 1. The van der Waals surface area contributed by atoms with Crippen LogP contribution >= 0.6 is 11.6 Å². The molecule has 0 spiro atoms. The SMILES string of the molecule is O=C(Nc1ccc2c(c1)OCO2)c1ccc(-c2ncccc2Cl)cn1. The lowest BCUT2D eigenvalue weighted by Gasteiger charge is -2.07. The number of fused-ring (bicyclic) bond motifs is 1. The Hall–Kier alpha value is -3.12. The van der Waals surface area contributed by atoms with Gasteiger partial charge in [-0.2, -0.15) is 0 Å². The summed E-state index contributed by atoms with van der Waals surface area (Å²) in [6.45, 7) is 0.186. The number of hydrogen-bond donors (Lipinski definition) is 1. The van der Waals surface area contributed by atoms with E-state index in [4.69, 9.17) is 21.1 Å². The molecule has 3 heterocycles. The first-order valence-corrected chi connectivity index (χ1v) is 7.86. The molecule has 6 nitrogen and oxygen atoms in total. The highest BCUT2D eigenvalue weighted by molar-refractivity contribution is 6.33. The lowest BCUT2D eigenvalue weighted by molar-refractivity contribution is 0.102. The molecule has 0 atom stereocenters. The minimum Gasteiger partial charge on any atom is -0.454 e. The minimum absolute atomic E-state index is 0.186. The maximum atomic E-state index is 12.3. The fourth-order valence-corrected chi connectivity index (χ4v) is 2.67. The van der Waals surface area contributed by atoms with E-state index in [1.165, 1.54) is 0 Å². The maximum Gasteiger partial charge on any atom is 0.274 e. The van der Waals surface area contributed by atoms with E-state index in [9.17, 15) is 4.79 Å². The second-order valence-corrected chi connectivity index (χ2v) is 5.70. The third kappa shape index (κ3) is 3.12. The quantitative estimate of drug-likeness (QED) is 0.775. The van der Waals surface area contributed by atoms with Crippen molar-refractivity contribution in [3.63, 3.8) is 0 Å². The van der Waals surface area contributed by atoms with Crippen LogP contribution in [0.1, 0.15) is 10.5 Å². The van der Waals surface area contributed by atoms with E-state index in [0.717, 1.165) is 5.56 Å². The number of carbonyl (C=O) groups is 1. The van der Waals surface area contributed by atoms with E-state index in [0.29, 0.717) is 27.9 Å². The zero-order valence-corrected chi connectivity index (χ0v) is 13.7. The number of hydrogen-bond acceptors (Lipinski definition) is 5. The average molecular weight is 354 g/mol. The summed E-state index contributed by atoms with van der Waals surface area (Å²) in [4.78, 5) is 20.8. The van der Waals surface area contributed by atoms with Crippen molar-refractivity contribution in [2.24, 2.45) is 0 Å². The van der Waals surface area contributed by atoms with Crippen LogP contribution in [0.5, 0.6) is 11.5 Å². The average Bonchev–Trinajstić information content (AvgIpc) is 3.10. The van der Waals surface area contributed by atoms with E-state index in [-0.39, 0.29) is 18.4 Å². The number of nitrogens with one attached hydrogen (secondary N) is 1. The largest absolute Gasteiger partial charge is 0.454 e. The van der Waals surface area contributed by atoms with Gasteiger partial charge in [0, 0.05) is 29.7 Å². The van der Waals surface area contributed by atoms with Crippen molar-refractivity contribution in [2.75, 3.05) is 12.1 Å². The standard InChI is InChI=1S/C18H12ClN3O3/c19-13-2-1-7-20-17(13)11-3-5-14(21-9-11)18(23)22-12-4-6-15-16(8-12)25-10-24-15/h1-9H,10H2,(H,22,23). The van der Waals surface area contributed by atoms with Crippen molar-refractivity contribution >= 4 is 23.2 Å². The highest BCUT2D eigenvalue weighted by atomic mass is 35.5. The Morgan fingerprint density at radius 1 is 1.08 bits per heavy atom. The van der Waals surface area contributed by atoms with Gasteiger partial charge in [-0.25, -0.2) is 0 Å². The maximum absolute atomic E-state index is 12.3. The number of ether oxygens (including phenoxy) is 2. The number of pyridine rings is 2. The first-order valence-electron chi connectivity index (χ1n) is 7.49. The molecule has 0 aliphatic carbocycles. The monoisotopic (exact) mass is 353 g/mol. The molecule has 1 aromatic carbocycles. The number of nitrogens with zero attached hydrogens (tertiary/aromatic N) is 2. The Morgan fingerprint density at radius 2 is 1.96 bits per heavy atom. The molecular weight excluding hydrogens is 342 g/mol. The summed E-state index contributed by atoms with van der Waals surface area (Å²) in [6.07, 6.45) is 3.23. The molecule has 0 saturated heterocycles. The number of amides is 1. The Kier molecular flexibility index (Phi) is 3.95. The van der Waals surface area contributed by atoms with Gasteiger partial charge >= 0.3 is 0 Å². The number of benzene rings is 1. The molecule has 1 amide bonds. The highest BCUT2D eigenvalue weighted by Gasteiger charge is 2.15. The summed E-state index contributed by atoms with van der Waals surface area (Å²) in [5.41, 5.74) is 2.26. The van der Waals surface area contributed by atoms with Gasteiger partial charge in [-0.05, 0) is 36.4 Å². The van der Waals surface area contributed by atoms with Crippen LogP contribution in [0.15, 0.2) is 54.9 Å². The molecule has 1 aliphatic rings. The third-order valence-corrected chi connectivity index (χ3v) is 3.96. The Morgan fingerprint density at radius 3 is 2.76 bits per heavy atom. The molecule has 3 aromatic rings. The van der Waals surface area contributed by atoms with Crippen LogP contribution in [0.3, 0.4) is 0 Å². The van der Waals surface area contributed by atoms with Gasteiger partial charge in [0.05, 0.1) is 10.7 Å². The normalized spacial score (nSPS) is 12.0. The zero-order chi connectivity index (χ0) is 17.2. The first-order chi connectivity index (χ1) is 12.2. The number of aromatic nitrogens is 2. The third-order valence-electron chi connectivity index (χ3n) is 3.66. The van der Waals surface area contributed by atoms with Gasteiger partial charge in [-0.15, -0.1) is 0 Å². The topological polar surface area (TPSA) is 73.3 Å². The van der Waals surface area contributed by atoms with Crippen molar-refractivity contribution in [3.8, 4) is 22.8 Å². The van der Waals surface area contributed by atoms with E-state index in [1.54, 1.807) is 54.9 Å². The summed E-state index contributed by atoms with van der Waals surface area (Å²) in [6, 6.07) is 12.1. The van der Waals surface area contributed by atoms with Crippen LogP contribution < -0.4 is 14.8 Å². The van der Waals surface area contributed by atoms with Gasteiger partial charge in [0.25, 0.3) is 5.91 Å². The molecule has 0 unspecified atom stereocenters. The minimum atomic E-state index is -0.322. The van der Waals surface area contributed by atoms with E-state index in [1.807, 2.05) is 0 Å². The summed E-state index contributed by atoms with van der Waals surface area (Å²) in [5.74, 6) is 0.941. The smallest absolute Gasteiger partial charge is 0.274 e. The fraction of sp³-hybridized carbons (Fsp3) is 0.0556. The lowest BCUT2D eigenvalue weighted by Crippen LogP contribution is -2.13. The second kappa shape index (κ2) is 6.41. The summed E-state index contributed by atoms with van der Waals surface area (Å²) in [5, 5.41) is 3.31. The molecule has 1 aliphatic heterocycles. The van der Waals surface area contributed by atoms with Gasteiger partial charge in [0.15, 0.2) is 11.5 Å².